The molecule has 0 atom stereocenters. The van der Waals surface area contributed by atoms with Crippen LogP contribution >= 0.6 is 0 Å². The molecule has 0 amide bonds. The zero-order valence-corrected chi connectivity index (χ0v) is 12.5. The number of benzene rings is 2. The molecule has 0 saturated heterocycles. The zero-order chi connectivity index (χ0) is 15.6. The average molecular weight is 309 g/mol. The van der Waals surface area contributed by atoms with Gasteiger partial charge in [-0.05, 0) is 49.9 Å². The third-order valence-electron chi connectivity index (χ3n) is 3.00. The molecule has 0 unspecified atom stereocenters. The van der Waals surface area contributed by atoms with Crippen LogP contribution in [0.3, 0.4) is 0 Å². The van der Waals surface area contributed by atoms with Crippen molar-refractivity contribution in [2.75, 3.05) is 18.1 Å². The fourth-order valence-corrected chi connectivity index (χ4v) is 2.57. The van der Waals surface area contributed by atoms with Crippen molar-refractivity contribution in [1.29, 1.82) is 0 Å². The van der Waals surface area contributed by atoms with E-state index in [4.69, 9.17) is 5.73 Å². The highest BCUT2D eigenvalue weighted by molar-refractivity contribution is 7.89. The van der Waals surface area contributed by atoms with Gasteiger partial charge in [0.1, 0.15) is 5.82 Å². The van der Waals surface area contributed by atoms with Crippen LogP contribution in [-0.4, -0.2) is 15.5 Å². The molecule has 0 aliphatic carbocycles. The van der Waals surface area contributed by atoms with Crippen LogP contribution < -0.4 is 15.8 Å². The van der Waals surface area contributed by atoms with Crippen molar-refractivity contribution < 1.29 is 12.8 Å². The first-order valence-corrected chi connectivity index (χ1v) is 7.68. The number of sulfonamides is 1. The molecular formula is C14H16FN3O2S. The van der Waals surface area contributed by atoms with Gasteiger partial charge in [0, 0.05) is 0 Å². The summed E-state index contributed by atoms with van der Waals surface area (Å²) in [7, 11) is -2.24. The molecule has 0 fully saturated rings. The Morgan fingerprint density at radius 1 is 1.10 bits per heavy atom. The summed E-state index contributed by atoms with van der Waals surface area (Å²) in [4.78, 5) is 0.0532. The first-order valence-electron chi connectivity index (χ1n) is 6.20. The van der Waals surface area contributed by atoms with Crippen LogP contribution in [0.4, 0.5) is 21.5 Å². The molecule has 0 aliphatic rings. The molecule has 4 N–H and O–H groups in total. The van der Waals surface area contributed by atoms with Crippen LogP contribution in [0.1, 0.15) is 5.56 Å². The molecule has 2 rings (SSSR count). The largest absolute Gasteiger partial charge is 0.397 e. The number of nitrogens with two attached hydrogens (primary N) is 1. The molecule has 0 bridgehead atoms. The molecule has 2 aromatic rings. The van der Waals surface area contributed by atoms with Crippen molar-refractivity contribution in [3.05, 3.63) is 47.8 Å². The minimum absolute atomic E-state index is 0.0532. The summed E-state index contributed by atoms with van der Waals surface area (Å²) < 4.78 is 39.3. The Bertz CT molecular complexity index is 776. The van der Waals surface area contributed by atoms with Gasteiger partial charge in [-0.3, -0.25) is 0 Å². The highest BCUT2D eigenvalue weighted by atomic mass is 32.2. The third kappa shape index (κ3) is 3.32. The Balaban J connectivity index is 2.34. The smallest absolute Gasteiger partial charge is 0.240 e. The molecule has 0 aliphatic heterocycles. The lowest BCUT2D eigenvalue weighted by molar-refractivity contribution is 0.588. The Labute approximate surface area is 123 Å². The lowest BCUT2D eigenvalue weighted by Crippen LogP contribution is -2.18. The van der Waals surface area contributed by atoms with Crippen molar-refractivity contribution in [2.24, 2.45) is 0 Å². The lowest BCUT2D eigenvalue weighted by atomic mass is 10.2. The highest BCUT2D eigenvalue weighted by Gasteiger charge is 2.13. The van der Waals surface area contributed by atoms with E-state index in [1.54, 1.807) is 19.1 Å². The topological polar surface area (TPSA) is 84.2 Å². The van der Waals surface area contributed by atoms with E-state index >= 15 is 0 Å². The van der Waals surface area contributed by atoms with Crippen LogP contribution in [0.5, 0.6) is 0 Å². The second-order valence-electron chi connectivity index (χ2n) is 4.56. The summed E-state index contributed by atoms with van der Waals surface area (Å²) in [6.45, 7) is 1.79. The van der Waals surface area contributed by atoms with Gasteiger partial charge in [0.2, 0.25) is 10.0 Å². The predicted octanol–water partition coefficient (Wildman–Crippen LogP) is 2.37. The van der Waals surface area contributed by atoms with Gasteiger partial charge in [0.15, 0.2) is 0 Å². The molecule has 5 nitrogen and oxygen atoms in total. The number of hydrogen-bond donors (Lipinski definition) is 3. The van der Waals surface area contributed by atoms with Gasteiger partial charge in [-0.15, -0.1) is 0 Å². The van der Waals surface area contributed by atoms with Crippen molar-refractivity contribution in [3.63, 3.8) is 0 Å². The van der Waals surface area contributed by atoms with Gasteiger partial charge >= 0.3 is 0 Å². The molecule has 7 heteroatoms. The maximum Gasteiger partial charge on any atom is 0.240 e. The van der Waals surface area contributed by atoms with Gasteiger partial charge < -0.3 is 11.1 Å². The van der Waals surface area contributed by atoms with Crippen molar-refractivity contribution in [3.8, 4) is 0 Å². The second kappa shape index (κ2) is 5.71. The molecule has 0 saturated carbocycles. The van der Waals surface area contributed by atoms with Crippen LogP contribution in [0.15, 0.2) is 41.3 Å². The fraction of sp³-hybridized carbons (Fsp3) is 0.143. The summed E-state index contributed by atoms with van der Waals surface area (Å²) in [5, 5.41) is 2.85. The van der Waals surface area contributed by atoms with Gasteiger partial charge in [-0.1, -0.05) is 6.07 Å². The Morgan fingerprint density at radius 3 is 2.33 bits per heavy atom. The number of aryl methyl sites for hydroxylation is 1. The maximum absolute atomic E-state index is 13.8. The highest BCUT2D eigenvalue weighted by Crippen LogP contribution is 2.27. The van der Waals surface area contributed by atoms with E-state index in [1.165, 1.54) is 31.3 Å². The summed E-state index contributed by atoms with van der Waals surface area (Å²) in [6, 6.07) is 8.98. The van der Waals surface area contributed by atoms with E-state index in [9.17, 15) is 12.8 Å². The Kier molecular flexibility index (Phi) is 4.15. The first kappa shape index (κ1) is 15.3. The number of rotatable bonds is 4. The maximum atomic E-state index is 13.8. The van der Waals surface area contributed by atoms with E-state index in [0.29, 0.717) is 5.69 Å². The molecule has 0 heterocycles. The minimum Gasteiger partial charge on any atom is -0.397 e. The fourth-order valence-electron chi connectivity index (χ4n) is 1.81. The van der Waals surface area contributed by atoms with E-state index in [0.717, 1.165) is 5.56 Å². The van der Waals surface area contributed by atoms with Gasteiger partial charge in [0.25, 0.3) is 0 Å². The molecule has 0 radical (unpaired) electrons. The summed E-state index contributed by atoms with van der Waals surface area (Å²) in [6.07, 6.45) is 0. The Hall–Kier alpha value is -2.12. The number of anilines is 3. The van der Waals surface area contributed by atoms with Crippen LogP contribution in [0.25, 0.3) is 0 Å². The normalized spacial score (nSPS) is 11.4. The molecule has 0 spiro atoms. The van der Waals surface area contributed by atoms with Crippen molar-refractivity contribution >= 4 is 27.1 Å². The van der Waals surface area contributed by atoms with Crippen LogP contribution in [-0.2, 0) is 10.0 Å². The molecule has 21 heavy (non-hydrogen) atoms. The molecule has 0 aromatic heterocycles. The SMILES string of the molecule is CNS(=O)(=O)c1ccc(Nc2ccc(C)cc2F)c(N)c1. The van der Waals surface area contributed by atoms with E-state index in [-0.39, 0.29) is 16.3 Å². The lowest BCUT2D eigenvalue weighted by Gasteiger charge is -2.12. The van der Waals surface area contributed by atoms with Crippen molar-refractivity contribution in [1.82, 2.24) is 4.72 Å². The molecule has 2 aromatic carbocycles. The average Bonchev–Trinajstić information content (AvgIpc) is 2.43. The van der Waals surface area contributed by atoms with Crippen LogP contribution in [0.2, 0.25) is 0 Å². The number of hydrogen-bond acceptors (Lipinski definition) is 4. The number of nitrogen functional groups attached to an aromatic ring is 1. The summed E-state index contributed by atoms with van der Waals surface area (Å²) in [5.41, 5.74) is 7.56. The van der Waals surface area contributed by atoms with Gasteiger partial charge in [-0.25, -0.2) is 17.5 Å². The number of nitrogens with one attached hydrogen (secondary N) is 2. The van der Waals surface area contributed by atoms with Crippen molar-refractivity contribution in [2.45, 2.75) is 11.8 Å². The van der Waals surface area contributed by atoms with E-state index < -0.39 is 15.8 Å². The quantitative estimate of drug-likeness (QED) is 0.757. The predicted molar refractivity (Wildman–Crippen MR) is 81.5 cm³/mol. The van der Waals surface area contributed by atoms with Gasteiger partial charge in [-0.2, -0.15) is 0 Å². The summed E-state index contributed by atoms with van der Waals surface area (Å²) >= 11 is 0. The standard InChI is InChI=1S/C14H16FN3O2S/c1-9-3-5-13(11(15)7-9)18-14-6-4-10(8-12(14)16)21(19,20)17-2/h3-8,17-18H,16H2,1-2H3. The minimum atomic E-state index is -3.56. The molecule has 112 valence electrons. The second-order valence-corrected chi connectivity index (χ2v) is 6.45. The first-order chi connectivity index (χ1) is 9.83. The monoisotopic (exact) mass is 309 g/mol. The number of halogens is 1. The Morgan fingerprint density at radius 2 is 1.76 bits per heavy atom. The zero-order valence-electron chi connectivity index (χ0n) is 11.6. The van der Waals surface area contributed by atoms with E-state index in [2.05, 4.69) is 10.0 Å². The molecular weight excluding hydrogens is 293 g/mol. The third-order valence-corrected chi connectivity index (χ3v) is 4.41. The van der Waals surface area contributed by atoms with E-state index in [1.807, 2.05) is 0 Å². The van der Waals surface area contributed by atoms with Gasteiger partial charge in [0.05, 0.1) is 22.0 Å². The summed E-state index contributed by atoms with van der Waals surface area (Å²) in [5.74, 6) is -0.402. The van der Waals surface area contributed by atoms with Crippen LogP contribution in [0, 0.1) is 12.7 Å².